The second kappa shape index (κ2) is 7.22. The van der Waals surface area contributed by atoms with Crippen LogP contribution in [0.5, 0.6) is 0 Å². The highest BCUT2D eigenvalue weighted by atomic mass is 16.5. The average molecular weight is 299 g/mol. The molecular weight excluding hydrogens is 278 g/mol. The van der Waals surface area contributed by atoms with Gasteiger partial charge >= 0.3 is 0 Å². The molecule has 0 unspecified atom stereocenters. The molecule has 1 aromatic heterocycles. The summed E-state index contributed by atoms with van der Waals surface area (Å²) in [6.45, 7) is 2.16. The number of rotatable bonds is 6. The topological polar surface area (TPSA) is 56.1 Å². The van der Waals surface area contributed by atoms with Crippen LogP contribution in [0.2, 0.25) is 0 Å². The van der Waals surface area contributed by atoms with E-state index in [2.05, 4.69) is 10.4 Å². The summed E-state index contributed by atoms with van der Waals surface area (Å²) in [4.78, 5) is 12.0. The number of para-hydroxylation sites is 1. The van der Waals surface area contributed by atoms with E-state index in [-0.39, 0.29) is 5.91 Å². The fraction of sp³-hybridized carbons (Fsp3) is 0.412. The van der Waals surface area contributed by atoms with Gasteiger partial charge in [-0.15, -0.1) is 0 Å². The van der Waals surface area contributed by atoms with Gasteiger partial charge in [-0.2, -0.15) is 5.10 Å². The van der Waals surface area contributed by atoms with Gasteiger partial charge in [-0.25, -0.2) is 4.68 Å². The molecule has 1 atom stereocenters. The van der Waals surface area contributed by atoms with Crippen molar-refractivity contribution < 1.29 is 9.53 Å². The van der Waals surface area contributed by atoms with Crippen LogP contribution in [0.25, 0.3) is 5.69 Å². The van der Waals surface area contributed by atoms with Crippen molar-refractivity contribution in [2.45, 2.75) is 25.8 Å². The predicted molar refractivity (Wildman–Crippen MR) is 83.6 cm³/mol. The number of benzene rings is 1. The smallest absolute Gasteiger partial charge is 0.220 e. The number of carbonyl (C=O) groups excluding carboxylic acids is 1. The van der Waals surface area contributed by atoms with Crippen LogP contribution in [0, 0.1) is 5.92 Å². The van der Waals surface area contributed by atoms with Crippen LogP contribution in [0.3, 0.4) is 0 Å². The van der Waals surface area contributed by atoms with Crippen LogP contribution in [-0.2, 0) is 16.1 Å². The quantitative estimate of drug-likeness (QED) is 0.890. The first-order chi connectivity index (χ1) is 10.8. The van der Waals surface area contributed by atoms with Crippen molar-refractivity contribution >= 4 is 5.91 Å². The number of ether oxygens (including phenoxy) is 1. The molecule has 5 heteroatoms. The molecule has 1 N–H and O–H groups in total. The van der Waals surface area contributed by atoms with E-state index in [1.54, 1.807) is 6.20 Å². The molecule has 1 saturated heterocycles. The molecule has 1 amide bonds. The minimum Gasteiger partial charge on any atom is -0.381 e. The number of hydrogen-bond acceptors (Lipinski definition) is 3. The molecule has 5 nitrogen and oxygen atoms in total. The fourth-order valence-electron chi connectivity index (χ4n) is 2.72. The highest BCUT2D eigenvalue weighted by molar-refractivity contribution is 5.76. The number of nitrogens with zero attached hydrogens (tertiary/aromatic N) is 2. The van der Waals surface area contributed by atoms with Gasteiger partial charge in [-0.1, -0.05) is 18.2 Å². The van der Waals surface area contributed by atoms with Crippen molar-refractivity contribution in [3.8, 4) is 5.69 Å². The van der Waals surface area contributed by atoms with Gasteiger partial charge in [-0.05, 0) is 36.5 Å². The van der Waals surface area contributed by atoms with Crippen molar-refractivity contribution in [2.75, 3.05) is 13.2 Å². The standard InChI is InChI=1S/C17H21N3O2/c21-17(7-6-14-8-11-22-13-14)18-12-15-4-1-2-5-16(15)20-10-3-9-19-20/h1-5,9-10,14H,6-8,11-13H2,(H,18,21)/t14-/m0/s1. The molecule has 1 fully saturated rings. The molecule has 0 saturated carbocycles. The third-order valence-electron chi connectivity index (χ3n) is 4.02. The molecule has 1 aliphatic rings. The van der Waals surface area contributed by atoms with Gasteiger partial charge in [0, 0.05) is 38.6 Å². The van der Waals surface area contributed by atoms with Crippen molar-refractivity contribution in [3.63, 3.8) is 0 Å². The van der Waals surface area contributed by atoms with Crippen molar-refractivity contribution in [2.24, 2.45) is 5.92 Å². The molecule has 2 aromatic rings. The van der Waals surface area contributed by atoms with Crippen molar-refractivity contribution in [1.82, 2.24) is 15.1 Å². The molecule has 1 aromatic carbocycles. The molecule has 22 heavy (non-hydrogen) atoms. The summed E-state index contributed by atoms with van der Waals surface area (Å²) in [7, 11) is 0. The van der Waals surface area contributed by atoms with Gasteiger partial charge in [0.1, 0.15) is 0 Å². The highest BCUT2D eigenvalue weighted by Gasteiger charge is 2.16. The Bertz CT molecular complexity index is 604. The Morgan fingerprint density at radius 2 is 2.27 bits per heavy atom. The van der Waals surface area contributed by atoms with Gasteiger partial charge in [0.05, 0.1) is 5.69 Å². The zero-order valence-electron chi connectivity index (χ0n) is 12.6. The minimum absolute atomic E-state index is 0.0992. The summed E-state index contributed by atoms with van der Waals surface area (Å²) in [6, 6.07) is 9.86. The van der Waals surface area contributed by atoms with E-state index in [1.807, 2.05) is 41.2 Å². The Hall–Kier alpha value is -2.14. The highest BCUT2D eigenvalue weighted by Crippen LogP contribution is 2.18. The first-order valence-corrected chi connectivity index (χ1v) is 7.75. The summed E-state index contributed by atoms with van der Waals surface area (Å²) in [5, 5.41) is 7.26. The average Bonchev–Trinajstić information content (AvgIpc) is 3.24. The van der Waals surface area contributed by atoms with Crippen LogP contribution < -0.4 is 5.32 Å². The summed E-state index contributed by atoms with van der Waals surface area (Å²) in [5.41, 5.74) is 2.06. The van der Waals surface area contributed by atoms with Gasteiger partial charge in [-0.3, -0.25) is 4.79 Å². The number of amides is 1. The van der Waals surface area contributed by atoms with Crippen molar-refractivity contribution in [3.05, 3.63) is 48.3 Å². The summed E-state index contributed by atoms with van der Waals surface area (Å²) in [6.07, 6.45) is 6.21. The molecule has 2 heterocycles. The van der Waals surface area contributed by atoms with E-state index in [0.717, 1.165) is 37.3 Å². The predicted octanol–water partition coefficient (Wildman–Crippen LogP) is 2.31. The lowest BCUT2D eigenvalue weighted by molar-refractivity contribution is -0.121. The molecule has 1 aliphatic heterocycles. The zero-order valence-corrected chi connectivity index (χ0v) is 12.6. The molecule has 0 radical (unpaired) electrons. The van der Waals surface area contributed by atoms with Crippen molar-refractivity contribution in [1.29, 1.82) is 0 Å². The van der Waals surface area contributed by atoms with Crippen LogP contribution >= 0.6 is 0 Å². The Kier molecular flexibility index (Phi) is 4.85. The van der Waals surface area contributed by atoms with E-state index in [4.69, 9.17) is 4.74 Å². The summed E-state index contributed by atoms with van der Waals surface area (Å²) < 4.78 is 7.15. The maximum atomic E-state index is 12.0. The van der Waals surface area contributed by atoms with Crippen LogP contribution in [-0.4, -0.2) is 28.9 Å². The van der Waals surface area contributed by atoms with E-state index in [0.29, 0.717) is 18.9 Å². The second-order valence-electron chi connectivity index (χ2n) is 5.62. The first kappa shape index (κ1) is 14.8. The molecule has 3 rings (SSSR count). The van der Waals surface area contributed by atoms with Gasteiger partial charge < -0.3 is 10.1 Å². The maximum absolute atomic E-state index is 12.0. The lowest BCUT2D eigenvalue weighted by atomic mass is 10.0. The summed E-state index contributed by atoms with van der Waals surface area (Å²) in [5.74, 6) is 0.643. The third-order valence-corrected chi connectivity index (χ3v) is 4.02. The van der Waals surface area contributed by atoms with Crippen LogP contribution in [0.4, 0.5) is 0 Å². The number of carbonyl (C=O) groups is 1. The second-order valence-corrected chi connectivity index (χ2v) is 5.62. The first-order valence-electron chi connectivity index (χ1n) is 7.75. The largest absolute Gasteiger partial charge is 0.381 e. The normalized spacial score (nSPS) is 17.5. The molecule has 0 spiro atoms. The lowest BCUT2D eigenvalue weighted by Gasteiger charge is -2.11. The maximum Gasteiger partial charge on any atom is 0.220 e. The Morgan fingerprint density at radius 3 is 3.05 bits per heavy atom. The molecule has 0 aliphatic carbocycles. The Morgan fingerprint density at radius 1 is 1.36 bits per heavy atom. The van der Waals surface area contributed by atoms with E-state index in [9.17, 15) is 4.79 Å². The summed E-state index contributed by atoms with van der Waals surface area (Å²) >= 11 is 0. The number of hydrogen-bond donors (Lipinski definition) is 1. The minimum atomic E-state index is 0.0992. The Labute approximate surface area is 130 Å². The van der Waals surface area contributed by atoms with E-state index >= 15 is 0 Å². The molecule has 0 bridgehead atoms. The van der Waals surface area contributed by atoms with Gasteiger partial charge in [0.2, 0.25) is 5.91 Å². The number of aromatic nitrogens is 2. The van der Waals surface area contributed by atoms with E-state index < -0.39 is 0 Å². The molecule has 116 valence electrons. The number of nitrogens with one attached hydrogen (secondary N) is 1. The monoisotopic (exact) mass is 299 g/mol. The van der Waals surface area contributed by atoms with Crippen LogP contribution in [0.1, 0.15) is 24.8 Å². The molecular formula is C17H21N3O2. The van der Waals surface area contributed by atoms with Crippen LogP contribution in [0.15, 0.2) is 42.7 Å². The van der Waals surface area contributed by atoms with Gasteiger partial charge in [0.25, 0.3) is 0 Å². The SMILES string of the molecule is O=C(CC[C@H]1CCOC1)NCc1ccccc1-n1cccn1. The van der Waals surface area contributed by atoms with E-state index in [1.165, 1.54) is 0 Å². The Balaban J connectivity index is 1.54. The fourth-order valence-corrected chi connectivity index (χ4v) is 2.72. The van der Waals surface area contributed by atoms with Gasteiger partial charge in [0.15, 0.2) is 0 Å². The zero-order chi connectivity index (χ0) is 15.2. The third kappa shape index (κ3) is 3.74. The lowest BCUT2D eigenvalue weighted by Crippen LogP contribution is -2.24.